The van der Waals surface area contributed by atoms with Crippen molar-refractivity contribution in [3.8, 4) is 0 Å². The predicted molar refractivity (Wildman–Crippen MR) is 55.2 cm³/mol. The van der Waals surface area contributed by atoms with Crippen LogP contribution < -0.4 is 0 Å². The van der Waals surface area contributed by atoms with Crippen LogP contribution in [0.15, 0.2) is 0 Å². The van der Waals surface area contributed by atoms with Crippen LogP contribution in [0.2, 0.25) is 0 Å². The molecule has 0 aromatic carbocycles. The SMILES string of the molecule is CCCCC(CC)C1CC(C)C1. The van der Waals surface area contributed by atoms with Gasteiger partial charge in [0, 0.05) is 0 Å². The highest BCUT2D eigenvalue weighted by Crippen LogP contribution is 2.41. The van der Waals surface area contributed by atoms with Gasteiger partial charge < -0.3 is 0 Å². The Morgan fingerprint density at radius 3 is 2.33 bits per heavy atom. The second kappa shape index (κ2) is 4.89. The summed E-state index contributed by atoms with van der Waals surface area (Å²) in [6.45, 7) is 7.06. The summed E-state index contributed by atoms with van der Waals surface area (Å²) >= 11 is 0. The number of unbranched alkanes of at least 4 members (excludes halogenated alkanes) is 1. The molecule has 1 atom stereocenters. The number of rotatable bonds is 5. The minimum Gasteiger partial charge on any atom is -0.0654 e. The van der Waals surface area contributed by atoms with E-state index in [9.17, 15) is 0 Å². The van der Waals surface area contributed by atoms with Crippen molar-refractivity contribution in [3.63, 3.8) is 0 Å². The van der Waals surface area contributed by atoms with E-state index in [-0.39, 0.29) is 0 Å². The molecule has 0 radical (unpaired) electrons. The van der Waals surface area contributed by atoms with Crippen LogP contribution in [0.3, 0.4) is 0 Å². The molecule has 0 aromatic heterocycles. The fraction of sp³-hybridized carbons (Fsp3) is 1.00. The molecule has 1 aliphatic carbocycles. The smallest absolute Gasteiger partial charge is 0.0381 e. The second-order valence-electron chi connectivity index (χ2n) is 4.65. The summed E-state index contributed by atoms with van der Waals surface area (Å²) in [4.78, 5) is 0. The molecule has 0 heteroatoms. The molecule has 72 valence electrons. The van der Waals surface area contributed by atoms with Crippen LogP contribution in [0.1, 0.15) is 59.3 Å². The Labute approximate surface area is 77.7 Å². The van der Waals surface area contributed by atoms with E-state index >= 15 is 0 Å². The maximum atomic E-state index is 2.39. The molecule has 0 spiro atoms. The Kier molecular flexibility index (Phi) is 4.11. The fourth-order valence-corrected chi connectivity index (χ4v) is 2.59. The summed E-state index contributed by atoms with van der Waals surface area (Å²) < 4.78 is 0. The Hall–Kier alpha value is 0. The molecule has 1 rings (SSSR count). The zero-order valence-corrected chi connectivity index (χ0v) is 8.97. The van der Waals surface area contributed by atoms with Gasteiger partial charge in [-0.25, -0.2) is 0 Å². The maximum Gasteiger partial charge on any atom is -0.0381 e. The van der Waals surface area contributed by atoms with E-state index in [0.29, 0.717) is 0 Å². The number of hydrogen-bond acceptors (Lipinski definition) is 0. The van der Waals surface area contributed by atoms with Crippen molar-refractivity contribution in [2.24, 2.45) is 17.8 Å². The van der Waals surface area contributed by atoms with Gasteiger partial charge in [-0.2, -0.15) is 0 Å². The van der Waals surface area contributed by atoms with Gasteiger partial charge >= 0.3 is 0 Å². The van der Waals surface area contributed by atoms with Gasteiger partial charge in [0.2, 0.25) is 0 Å². The van der Waals surface area contributed by atoms with E-state index < -0.39 is 0 Å². The second-order valence-corrected chi connectivity index (χ2v) is 4.65. The molecule has 12 heavy (non-hydrogen) atoms. The highest BCUT2D eigenvalue weighted by atomic mass is 14.4. The van der Waals surface area contributed by atoms with Gasteiger partial charge in [0.25, 0.3) is 0 Å². The van der Waals surface area contributed by atoms with Crippen LogP contribution in [0.4, 0.5) is 0 Å². The van der Waals surface area contributed by atoms with E-state index in [1.54, 1.807) is 0 Å². The van der Waals surface area contributed by atoms with E-state index in [4.69, 9.17) is 0 Å². The fourth-order valence-electron chi connectivity index (χ4n) is 2.59. The van der Waals surface area contributed by atoms with Gasteiger partial charge in [-0.15, -0.1) is 0 Å². The zero-order valence-electron chi connectivity index (χ0n) is 8.97. The molecular weight excluding hydrogens is 144 g/mol. The molecule has 0 N–H and O–H groups in total. The molecule has 0 bridgehead atoms. The van der Waals surface area contributed by atoms with Crippen molar-refractivity contribution < 1.29 is 0 Å². The standard InChI is InChI=1S/C12H24/c1-4-6-7-11(5-2)12-8-10(3)9-12/h10-12H,4-9H2,1-3H3. The molecule has 1 fully saturated rings. The Morgan fingerprint density at radius 2 is 1.92 bits per heavy atom. The van der Waals surface area contributed by atoms with Crippen LogP contribution >= 0.6 is 0 Å². The quantitative estimate of drug-likeness (QED) is 0.575. The first kappa shape index (κ1) is 10.1. The maximum absolute atomic E-state index is 2.39. The number of hydrogen-bond donors (Lipinski definition) is 0. The van der Waals surface area contributed by atoms with Crippen molar-refractivity contribution in [2.75, 3.05) is 0 Å². The van der Waals surface area contributed by atoms with Gasteiger partial charge in [-0.3, -0.25) is 0 Å². The molecule has 0 saturated heterocycles. The lowest BCUT2D eigenvalue weighted by atomic mass is 9.67. The summed E-state index contributed by atoms with van der Waals surface area (Å²) in [5.41, 5.74) is 0. The van der Waals surface area contributed by atoms with Crippen LogP contribution in [0.5, 0.6) is 0 Å². The summed E-state index contributed by atoms with van der Waals surface area (Å²) in [6, 6.07) is 0. The van der Waals surface area contributed by atoms with E-state index in [1.807, 2.05) is 0 Å². The highest BCUT2D eigenvalue weighted by molar-refractivity contribution is 4.81. The van der Waals surface area contributed by atoms with Gasteiger partial charge in [-0.1, -0.05) is 46.5 Å². The van der Waals surface area contributed by atoms with Crippen molar-refractivity contribution >= 4 is 0 Å². The molecule has 0 nitrogen and oxygen atoms in total. The Bertz CT molecular complexity index is 111. The van der Waals surface area contributed by atoms with Gasteiger partial charge in [-0.05, 0) is 30.6 Å². The van der Waals surface area contributed by atoms with Crippen molar-refractivity contribution in [3.05, 3.63) is 0 Å². The van der Waals surface area contributed by atoms with Crippen LogP contribution in [-0.4, -0.2) is 0 Å². The third-order valence-corrected chi connectivity index (χ3v) is 3.53. The lowest BCUT2D eigenvalue weighted by Crippen LogP contribution is -2.28. The molecule has 0 heterocycles. The average Bonchev–Trinajstić information content (AvgIpc) is 2.02. The highest BCUT2D eigenvalue weighted by Gasteiger charge is 2.30. The van der Waals surface area contributed by atoms with Crippen LogP contribution in [0.25, 0.3) is 0 Å². The first-order valence-corrected chi connectivity index (χ1v) is 5.77. The van der Waals surface area contributed by atoms with Crippen LogP contribution in [-0.2, 0) is 0 Å². The third kappa shape index (κ3) is 2.50. The third-order valence-electron chi connectivity index (χ3n) is 3.53. The van der Waals surface area contributed by atoms with E-state index in [1.165, 1.54) is 38.5 Å². The normalized spacial score (nSPS) is 31.2. The predicted octanol–water partition coefficient (Wildman–Crippen LogP) is 4.25. The molecule has 1 saturated carbocycles. The van der Waals surface area contributed by atoms with Crippen molar-refractivity contribution in [1.29, 1.82) is 0 Å². The summed E-state index contributed by atoms with van der Waals surface area (Å²) in [5, 5.41) is 0. The van der Waals surface area contributed by atoms with Gasteiger partial charge in [0.1, 0.15) is 0 Å². The minimum absolute atomic E-state index is 1.03. The molecule has 0 aromatic rings. The van der Waals surface area contributed by atoms with Crippen molar-refractivity contribution in [2.45, 2.75) is 59.3 Å². The molecular formula is C12H24. The van der Waals surface area contributed by atoms with Gasteiger partial charge in [0.15, 0.2) is 0 Å². The van der Waals surface area contributed by atoms with E-state index in [0.717, 1.165) is 17.8 Å². The Balaban J connectivity index is 2.16. The zero-order chi connectivity index (χ0) is 8.97. The monoisotopic (exact) mass is 168 g/mol. The first-order valence-electron chi connectivity index (χ1n) is 5.77. The van der Waals surface area contributed by atoms with Crippen molar-refractivity contribution in [1.82, 2.24) is 0 Å². The lowest BCUT2D eigenvalue weighted by Gasteiger charge is -2.38. The molecule has 1 unspecified atom stereocenters. The topological polar surface area (TPSA) is 0 Å². The van der Waals surface area contributed by atoms with E-state index in [2.05, 4.69) is 20.8 Å². The molecule has 0 amide bonds. The molecule has 1 aliphatic rings. The minimum atomic E-state index is 1.03. The lowest BCUT2D eigenvalue weighted by molar-refractivity contribution is 0.125. The van der Waals surface area contributed by atoms with Gasteiger partial charge in [0.05, 0.1) is 0 Å². The molecule has 0 aliphatic heterocycles. The summed E-state index contributed by atoms with van der Waals surface area (Å²) in [7, 11) is 0. The van der Waals surface area contributed by atoms with Crippen LogP contribution in [0, 0.1) is 17.8 Å². The largest absolute Gasteiger partial charge is 0.0654 e. The Morgan fingerprint density at radius 1 is 1.25 bits per heavy atom. The summed E-state index contributed by atoms with van der Waals surface area (Å²) in [5.74, 6) is 3.18. The first-order chi connectivity index (χ1) is 5.77. The summed E-state index contributed by atoms with van der Waals surface area (Å²) in [6.07, 6.45) is 8.76. The average molecular weight is 168 g/mol.